The summed E-state index contributed by atoms with van der Waals surface area (Å²) in [5.41, 5.74) is 1.43. The maximum absolute atomic E-state index is 13.1. The SMILES string of the molecule is Cc1cc(C(CO)c2ncc[nH]2)ccc1F. The smallest absolute Gasteiger partial charge is 0.126 e. The molecule has 1 atom stereocenters. The standard InChI is InChI=1S/C12H13FN2O/c1-8-6-9(2-3-11(8)13)10(7-16)12-14-4-5-15-12/h2-6,10,16H,7H2,1H3,(H,14,15). The number of imidazole rings is 1. The Balaban J connectivity index is 2.37. The van der Waals surface area contributed by atoms with E-state index in [1.165, 1.54) is 6.07 Å². The summed E-state index contributed by atoms with van der Waals surface area (Å²) in [5, 5.41) is 9.36. The molecule has 0 aliphatic rings. The van der Waals surface area contributed by atoms with Crippen LogP contribution in [-0.2, 0) is 0 Å². The highest BCUT2D eigenvalue weighted by Crippen LogP contribution is 2.22. The molecule has 16 heavy (non-hydrogen) atoms. The van der Waals surface area contributed by atoms with Crippen LogP contribution in [0.4, 0.5) is 4.39 Å². The van der Waals surface area contributed by atoms with E-state index in [0.29, 0.717) is 11.4 Å². The van der Waals surface area contributed by atoms with E-state index in [-0.39, 0.29) is 18.3 Å². The quantitative estimate of drug-likeness (QED) is 0.831. The molecule has 0 aliphatic carbocycles. The molecule has 2 rings (SSSR count). The zero-order valence-electron chi connectivity index (χ0n) is 8.94. The molecule has 0 radical (unpaired) electrons. The first-order valence-corrected chi connectivity index (χ1v) is 5.08. The summed E-state index contributed by atoms with van der Waals surface area (Å²) in [6.07, 6.45) is 3.34. The van der Waals surface area contributed by atoms with Crippen molar-refractivity contribution in [3.05, 3.63) is 53.4 Å². The lowest BCUT2D eigenvalue weighted by molar-refractivity contribution is 0.277. The lowest BCUT2D eigenvalue weighted by Crippen LogP contribution is -2.08. The van der Waals surface area contributed by atoms with E-state index in [2.05, 4.69) is 9.97 Å². The van der Waals surface area contributed by atoms with Crippen LogP contribution in [-0.4, -0.2) is 21.7 Å². The molecule has 2 N–H and O–H groups in total. The Kier molecular flexibility index (Phi) is 3.01. The van der Waals surface area contributed by atoms with Gasteiger partial charge in [0.05, 0.1) is 12.5 Å². The highest BCUT2D eigenvalue weighted by atomic mass is 19.1. The molecular formula is C12H13FN2O. The van der Waals surface area contributed by atoms with Gasteiger partial charge in [-0.05, 0) is 24.1 Å². The number of aliphatic hydroxyl groups is 1. The van der Waals surface area contributed by atoms with Crippen LogP contribution in [0.15, 0.2) is 30.6 Å². The first kappa shape index (κ1) is 10.8. The number of hydrogen-bond acceptors (Lipinski definition) is 2. The topological polar surface area (TPSA) is 48.9 Å². The molecule has 0 saturated heterocycles. The van der Waals surface area contributed by atoms with Gasteiger partial charge >= 0.3 is 0 Å². The van der Waals surface area contributed by atoms with Crippen LogP contribution in [0.25, 0.3) is 0 Å². The minimum absolute atomic E-state index is 0.0570. The minimum atomic E-state index is -0.236. The number of nitrogens with zero attached hydrogens (tertiary/aromatic N) is 1. The van der Waals surface area contributed by atoms with Crippen LogP contribution in [0, 0.1) is 12.7 Å². The molecule has 1 unspecified atom stereocenters. The molecule has 0 aliphatic heterocycles. The van der Waals surface area contributed by atoms with Crippen LogP contribution in [0.2, 0.25) is 0 Å². The number of halogens is 1. The summed E-state index contributed by atoms with van der Waals surface area (Å²) in [7, 11) is 0. The van der Waals surface area contributed by atoms with Gasteiger partial charge in [0.1, 0.15) is 11.6 Å². The third-order valence-electron chi connectivity index (χ3n) is 2.62. The molecular weight excluding hydrogens is 207 g/mol. The van der Waals surface area contributed by atoms with Crippen molar-refractivity contribution in [3.63, 3.8) is 0 Å². The van der Waals surface area contributed by atoms with E-state index >= 15 is 0 Å². The molecule has 1 aromatic carbocycles. The zero-order chi connectivity index (χ0) is 11.5. The van der Waals surface area contributed by atoms with E-state index in [9.17, 15) is 9.50 Å². The maximum Gasteiger partial charge on any atom is 0.126 e. The van der Waals surface area contributed by atoms with Crippen LogP contribution in [0.1, 0.15) is 22.9 Å². The van der Waals surface area contributed by atoms with Crippen molar-refractivity contribution in [2.24, 2.45) is 0 Å². The molecule has 1 heterocycles. The summed E-state index contributed by atoms with van der Waals surface area (Å²) in [6.45, 7) is 1.65. The van der Waals surface area contributed by atoms with E-state index in [0.717, 1.165) is 5.56 Å². The fourth-order valence-electron chi connectivity index (χ4n) is 1.70. The average molecular weight is 220 g/mol. The van der Waals surface area contributed by atoms with Crippen LogP contribution in [0.3, 0.4) is 0 Å². The minimum Gasteiger partial charge on any atom is -0.395 e. The predicted molar refractivity (Wildman–Crippen MR) is 58.7 cm³/mol. The number of aromatic nitrogens is 2. The number of aliphatic hydroxyl groups excluding tert-OH is 1. The number of nitrogens with one attached hydrogen (secondary N) is 1. The number of H-pyrrole nitrogens is 1. The van der Waals surface area contributed by atoms with Crippen molar-refractivity contribution in [2.75, 3.05) is 6.61 Å². The van der Waals surface area contributed by atoms with Crippen molar-refractivity contribution in [3.8, 4) is 0 Å². The van der Waals surface area contributed by atoms with Gasteiger partial charge in [-0.3, -0.25) is 0 Å². The van der Waals surface area contributed by atoms with Gasteiger partial charge in [0.15, 0.2) is 0 Å². The Hall–Kier alpha value is -1.68. The van der Waals surface area contributed by atoms with Gasteiger partial charge in [-0.15, -0.1) is 0 Å². The lowest BCUT2D eigenvalue weighted by Gasteiger charge is -2.12. The second-order valence-electron chi connectivity index (χ2n) is 3.72. The molecule has 2 aromatic rings. The second kappa shape index (κ2) is 4.45. The first-order valence-electron chi connectivity index (χ1n) is 5.08. The molecule has 0 amide bonds. The van der Waals surface area contributed by atoms with Gasteiger partial charge < -0.3 is 10.1 Å². The molecule has 0 spiro atoms. The van der Waals surface area contributed by atoms with Crippen LogP contribution < -0.4 is 0 Å². The number of aryl methyl sites for hydroxylation is 1. The largest absolute Gasteiger partial charge is 0.395 e. The van der Waals surface area contributed by atoms with E-state index in [1.54, 1.807) is 31.5 Å². The van der Waals surface area contributed by atoms with Crippen molar-refractivity contribution in [2.45, 2.75) is 12.8 Å². The Labute approximate surface area is 93.0 Å². The predicted octanol–water partition coefficient (Wildman–Crippen LogP) is 1.98. The highest BCUT2D eigenvalue weighted by molar-refractivity contribution is 5.30. The molecule has 0 fully saturated rings. The Morgan fingerprint density at radius 1 is 1.50 bits per heavy atom. The summed E-state index contributed by atoms with van der Waals surface area (Å²) in [6, 6.07) is 4.82. The molecule has 4 heteroatoms. The van der Waals surface area contributed by atoms with Gasteiger partial charge in [-0.1, -0.05) is 12.1 Å². The second-order valence-corrected chi connectivity index (χ2v) is 3.72. The molecule has 1 aromatic heterocycles. The first-order chi connectivity index (χ1) is 7.72. The highest BCUT2D eigenvalue weighted by Gasteiger charge is 2.16. The number of rotatable bonds is 3. The van der Waals surface area contributed by atoms with Crippen LogP contribution in [0.5, 0.6) is 0 Å². The van der Waals surface area contributed by atoms with Gasteiger partial charge in [0, 0.05) is 12.4 Å². The van der Waals surface area contributed by atoms with Crippen molar-refractivity contribution in [1.82, 2.24) is 9.97 Å². The fraction of sp³-hybridized carbons (Fsp3) is 0.250. The van der Waals surface area contributed by atoms with Gasteiger partial charge in [0.25, 0.3) is 0 Å². The van der Waals surface area contributed by atoms with E-state index in [4.69, 9.17) is 0 Å². The summed E-state index contributed by atoms with van der Waals surface area (Å²) in [4.78, 5) is 7.06. The Morgan fingerprint density at radius 2 is 2.31 bits per heavy atom. The molecule has 0 saturated carbocycles. The van der Waals surface area contributed by atoms with Crippen molar-refractivity contribution >= 4 is 0 Å². The summed E-state index contributed by atoms with van der Waals surface area (Å²) >= 11 is 0. The lowest BCUT2D eigenvalue weighted by atomic mass is 9.97. The average Bonchev–Trinajstić information content (AvgIpc) is 2.78. The van der Waals surface area contributed by atoms with Crippen LogP contribution >= 0.6 is 0 Å². The third kappa shape index (κ3) is 1.97. The number of aromatic amines is 1. The monoisotopic (exact) mass is 220 g/mol. The maximum atomic E-state index is 13.1. The summed E-state index contributed by atoms with van der Waals surface area (Å²) in [5.74, 6) is 0.225. The normalized spacial score (nSPS) is 12.7. The number of benzene rings is 1. The van der Waals surface area contributed by atoms with Gasteiger partial charge in [0.2, 0.25) is 0 Å². The summed E-state index contributed by atoms with van der Waals surface area (Å²) < 4.78 is 13.1. The van der Waals surface area contributed by atoms with Gasteiger partial charge in [-0.2, -0.15) is 0 Å². The molecule has 3 nitrogen and oxygen atoms in total. The zero-order valence-corrected chi connectivity index (χ0v) is 8.94. The van der Waals surface area contributed by atoms with Crippen molar-refractivity contribution in [1.29, 1.82) is 0 Å². The number of hydrogen-bond donors (Lipinski definition) is 2. The van der Waals surface area contributed by atoms with E-state index < -0.39 is 0 Å². The Morgan fingerprint density at radius 3 is 2.88 bits per heavy atom. The van der Waals surface area contributed by atoms with Crippen molar-refractivity contribution < 1.29 is 9.50 Å². The van der Waals surface area contributed by atoms with Gasteiger partial charge in [-0.25, -0.2) is 9.37 Å². The molecule has 0 bridgehead atoms. The molecule has 84 valence electrons. The van der Waals surface area contributed by atoms with E-state index in [1.807, 2.05) is 0 Å². The third-order valence-corrected chi connectivity index (χ3v) is 2.62. The fourth-order valence-corrected chi connectivity index (χ4v) is 1.70. The Bertz CT molecular complexity index is 468.